The summed E-state index contributed by atoms with van der Waals surface area (Å²) in [5.41, 5.74) is 0.850. The van der Waals surface area contributed by atoms with Crippen molar-refractivity contribution in [1.29, 1.82) is 0 Å². The fraction of sp³-hybridized carbons (Fsp3) is 0.417. The van der Waals surface area contributed by atoms with Crippen molar-refractivity contribution in [2.45, 2.75) is 19.3 Å². The Labute approximate surface area is 89.1 Å². The number of carbonyl (C=O) groups excluding carboxylic acids is 1. The van der Waals surface area contributed by atoms with E-state index in [9.17, 15) is 9.90 Å². The first-order chi connectivity index (χ1) is 7.24. The summed E-state index contributed by atoms with van der Waals surface area (Å²) in [7, 11) is 0. The third-order valence-corrected chi connectivity index (χ3v) is 2.56. The molecule has 1 amide bonds. The molecule has 0 aromatic heterocycles. The highest BCUT2D eigenvalue weighted by Gasteiger charge is 2.21. The molecule has 15 heavy (non-hydrogen) atoms. The number of hydrogen-bond donors (Lipinski definition) is 2. The Morgan fingerprint density at radius 1 is 1.47 bits per heavy atom. The molecule has 2 rings (SSSR count). The van der Waals surface area contributed by atoms with Crippen molar-refractivity contribution in [3.05, 3.63) is 29.8 Å². The zero-order valence-electron chi connectivity index (χ0n) is 8.57. The number of benzene rings is 1. The smallest absolute Gasteiger partial charge is 0.224 e. The van der Waals surface area contributed by atoms with Gasteiger partial charge in [-0.3, -0.25) is 4.79 Å². The highest BCUT2D eigenvalue weighted by Crippen LogP contribution is 2.27. The van der Waals surface area contributed by atoms with Gasteiger partial charge in [-0.15, -0.1) is 0 Å². The maximum Gasteiger partial charge on any atom is 0.224 e. The van der Waals surface area contributed by atoms with Gasteiger partial charge in [0.15, 0.2) is 0 Å². The zero-order chi connectivity index (χ0) is 10.7. The summed E-state index contributed by atoms with van der Waals surface area (Å²) in [6.45, 7) is 0.803. The van der Waals surface area contributed by atoms with E-state index in [-0.39, 0.29) is 11.7 Å². The maximum atomic E-state index is 11.5. The quantitative estimate of drug-likeness (QED) is 0.781. The fourth-order valence-corrected chi connectivity index (χ4v) is 1.49. The minimum absolute atomic E-state index is 0.0347. The third kappa shape index (κ3) is 3.27. The topological polar surface area (TPSA) is 49.3 Å². The van der Waals surface area contributed by atoms with Gasteiger partial charge in [-0.1, -0.05) is 12.1 Å². The van der Waals surface area contributed by atoms with Gasteiger partial charge >= 0.3 is 0 Å². The van der Waals surface area contributed by atoms with Crippen LogP contribution >= 0.6 is 0 Å². The Kier molecular flexibility index (Phi) is 2.90. The summed E-state index contributed by atoms with van der Waals surface area (Å²) in [6, 6.07) is 6.82. The van der Waals surface area contributed by atoms with Crippen molar-refractivity contribution >= 4 is 5.91 Å². The standard InChI is InChI=1S/C12H15NO2/c14-11-3-1-2-10(6-11)7-12(15)13-8-9-4-5-9/h1-3,6,9,14H,4-5,7-8H2,(H,13,15). The Hall–Kier alpha value is -1.51. The van der Waals surface area contributed by atoms with Gasteiger partial charge in [0.25, 0.3) is 0 Å². The lowest BCUT2D eigenvalue weighted by Crippen LogP contribution is -2.27. The molecule has 80 valence electrons. The van der Waals surface area contributed by atoms with Crippen molar-refractivity contribution in [3.8, 4) is 5.75 Å². The Balaban J connectivity index is 1.81. The molecule has 2 N–H and O–H groups in total. The number of carbonyl (C=O) groups is 1. The highest BCUT2D eigenvalue weighted by atomic mass is 16.3. The van der Waals surface area contributed by atoms with Crippen LogP contribution in [0.15, 0.2) is 24.3 Å². The highest BCUT2D eigenvalue weighted by molar-refractivity contribution is 5.78. The van der Waals surface area contributed by atoms with E-state index in [0.717, 1.165) is 12.1 Å². The molecule has 1 saturated carbocycles. The average Bonchev–Trinajstić information content (AvgIpc) is 2.98. The van der Waals surface area contributed by atoms with Gasteiger partial charge in [0.05, 0.1) is 6.42 Å². The minimum atomic E-state index is 0.0347. The predicted molar refractivity (Wildman–Crippen MR) is 57.5 cm³/mol. The summed E-state index contributed by atoms with van der Waals surface area (Å²) in [5.74, 6) is 0.952. The lowest BCUT2D eigenvalue weighted by Gasteiger charge is -2.04. The summed E-state index contributed by atoms with van der Waals surface area (Å²) in [4.78, 5) is 11.5. The molecular formula is C12H15NO2. The summed E-state index contributed by atoms with van der Waals surface area (Å²) in [6.07, 6.45) is 2.83. The van der Waals surface area contributed by atoms with Crippen LogP contribution in [0.25, 0.3) is 0 Å². The van der Waals surface area contributed by atoms with Gasteiger partial charge < -0.3 is 10.4 Å². The van der Waals surface area contributed by atoms with Crippen molar-refractivity contribution in [2.75, 3.05) is 6.54 Å². The second-order valence-electron chi connectivity index (χ2n) is 4.09. The first-order valence-corrected chi connectivity index (χ1v) is 5.28. The van der Waals surface area contributed by atoms with Crippen LogP contribution in [-0.4, -0.2) is 17.6 Å². The van der Waals surface area contributed by atoms with E-state index in [2.05, 4.69) is 5.32 Å². The number of aromatic hydroxyl groups is 1. The Bertz CT molecular complexity index is 358. The molecule has 0 spiro atoms. The SMILES string of the molecule is O=C(Cc1cccc(O)c1)NCC1CC1. The van der Waals surface area contributed by atoms with Crippen molar-refractivity contribution < 1.29 is 9.90 Å². The first kappa shape index (κ1) is 10.0. The van der Waals surface area contributed by atoms with E-state index in [1.807, 2.05) is 6.07 Å². The first-order valence-electron chi connectivity index (χ1n) is 5.28. The van der Waals surface area contributed by atoms with E-state index in [1.165, 1.54) is 12.8 Å². The van der Waals surface area contributed by atoms with Crippen LogP contribution in [0.4, 0.5) is 0 Å². The molecule has 0 heterocycles. The maximum absolute atomic E-state index is 11.5. The molecule has 0 saturated heterocycles. The van der Waals surface area contributed by atoms with Gasteiger partial charge in [-0.05, 0) is 36.5 Å². The predicted octanol–water partition coefficient (Wildman–Crippen LogP) is 1.46. The largest absolute Gasteiger partial charge is 0.508 e. The number of phenolic OH excluding ortho intramolecular Hbond substituents is 1. The summed E-state index contributed by atoms with van der Waals surface area (Å²) in [5, 5.41) is 12.1. The van der Waals surface area contributed by atoms with E-state index in [1.54, 1.807) is 18.2 Å². The molecule has 0 radical (unpaired) electrons. The average molecular weight is 205 g/mol. The van der Waals surface area contributed by atoms with Crippen LogP contribution in [0, 0.1) is 5.92 Å². The van der Waals surface area contributed by atoms with Gasteiger partial charge in [0, 0.05) is 6.54 Å². The Morgan fingerprint density at radius 3 is 2.93 bits per heavy atom. The van der Waals surface area contributed by atoms with Crippen LogP contribution in [0.5, 0.6) is 5.75 Å². The molecule has 1 fully saturated rings. The summed E-state index contributed by atoms with van der Waals surface area (Å²) >= 11 is 0. The van der Waals surface area contributed by atoms with Gasteiger partial charge in [0.1, 0.15) is 5.75 Å². The third-order valence-electron chi connectivity index (χ3n) is 2.56. The summed E-state index contributed by atoms with van der Waals surface area (Å²) < 4.78 is 0. The molecule has 0 atom stereocenters. The zero-order valence-corrected chi connectivity index (χ0v) is 8.57. The van der Waals surface area contributed by atoms with Crippen LogP contribution in [-0.2, 0) is 11.2 Å². The normalized spacial score (nSPS) is 14.9. The van der Waals surface area contributed by atoms with Gasteiger partial charge in [0.2, 0.25) is 5.91 Å². The van der Waals surface area contributed by atoms with E-state index < -0.39 is 0 Å². The molecule has 1 aliphatic rings. The molecule has 1 aliphatic carbocycles. The lowest BCUT2D eigenvalue weighted by atomic mass is 10.1. The van der Waals surface area contributed by atoms with Crippen LogP contribution in [0.1, 0.15) is 18.4 Å². The number of amides is 1. The Morgan fingerprint density at radius 2 is 2.27 bits per heavy atom. The number of nitrogens with one attached hydrogen (secondary N) is 1. The van der Waals surface area contributed by atoms with Gasteiger partial charge in [-0.25, -0.2) is 0 Å². The molecule has 3 nitrogen and oxygen atoms in total. The molecule has 0 bridgehead atoms. The fourth-order valence-electron chi connectivity index (χ4n) is 1.49. The van der Waals surface area contributed by atoms with Crippen LogP contribution in [0.3, 0.4) is 0 Å². The van der Waals surface area contributed by atoms with E-state index >= 15 is 0 Å². The second kappa shape index (κ2) is 4.34. The van der Waals surface area contributed by atoms with Crippen molar-refractivity contribution in [2.24, 2.45) is 5.92 Å². The van der Waals surface area contributed by atoms with Crippen molar-refractivity contribution in [1.82, 2.24) is 5.32 Å². The number of phenols is 1. The van der Waals surface area contributed by atoms with Gasteiger partial charge in [-0.2, -0.15) is 0 Å². The molecule has 1 aromatic carbocycles. The van der Waals surface area contributed by atoms with Crippen molar-refractivity contribution in [3.63, 3.8) is 0 Å². The van der Waals surface area contributed by atoms with Crippen LogP contribution in [0.2, 0.25) is 0 Å². The van der Waals surface area contributed by atoms with Crippen LogP contribution < -0.4 is 5.32 Å². The molecule has 1 aromatic rings. The molecular weight excluding hydrogens is 190 g/mol. The van der Waals surface area contributed by atoms with E-state index in [0.29, 0.717) is 12.3 Å². The monoisotopic (exact) mass is 205 g/mol. The second-order valence-corrected chi connectivity index (χ2v) is 4.09. The molecule has 0 unspecified atom stereocenters. The number of rotatable bonds is 4. The number of hydrogen-bond acceptors (Lipinski definition) is 2. The minimum Gasteiger partial charge on any atom is -0.508 e. The van der Waals surface area contributed by atoms with E-state index in [4.69, 9.17) is 0 Å². The molecule has 3 heteroatoms. The lowest BCUT2D eigenvalue weighted by molar-refractivity contribution is -0.120. The molecule has 0 aliphatic heterocycles.